The van der Waals surface area contributed by atoms with E-state index in [0.717, 1.165) is 5.56 Å². The Morgan fingerprint density at radius 1 is 0.978 bits per heavy atom. The number of fused-ring (bicyclic) bond motifs is 3. The number of ether oxygens (including phenoxy) is 3. The Labute approximate surface area is 266 Å². The number of nitrogens with zero attached hydrogens (tertiary/aromatic N) is 1. The summed E-state index contributed by atoms with van der Waals surface area (Å²) < 4.78 is 17.4. The summed E-state index contributed by atoms with van der Waals surface area (Å²) >= 11 is 0. The summed E-state index contributed by atoms with van der Waals surface area (Å²) in [6.45, 7) is 13.7. The molecule has 0 aromatic heterocycles. The van der Waals surface area contributed by atoms with Crippen molar-refractivity contribution in [3.05, 3.63) is 59.2 Å². The molecule has 0 aliphatic heterocycles. The van der Waals surface area contributed by atoms with Crippen LogP contribution in [0.2, 0.25) is 0 Å². The third kappa shape index (κ3) is 6.10. The number of aliphatic hydroxyl groups is 3. The monoisotopic (exact) mass is 627 g/mol. The Kier molecular flexibility index (Phi) is 9.77. The van der Waals surface area contributed by atoms with Crippen LogP contribution in [-0.2, 0) is 28.6 Å². The van der Waals surface area contributed by atoms with E-state index in [1.165, 1.54) is 13.8 Å². The maximum absolute atomic E-state index is 13.4. The van der Waals surface area contributed by atoms with Gasteiger partial charge in [0.05, 0.1) is 12.5 Å². The van der Waals surface area contributed by atoms with E-state index in [4.69, 9.17) is 14.2 Å². The van der Waals surface area contributed by atoms with Crippen LogP contribution in [0.5, 0.6) is 0 Å². The number of carbonyl (C=O) groups excluding carboxylic acids is 3. The topological polar surface area (TPSA) is 143 Å². The van der Waals surface area contributed by atoms with Crippen molar-refractivity contribution in [3.8, 4) is 0 Å². The molecule has 10 nitrogen and oxygen atoms in total. The van der Waals surface area contributed by atoms with Gasteiger partial charge in [-0.25, -0.2) is 0 Å². The van der Waals surface area contributed by atoms with Crippen molar-refractivity contribution in [3.63, 3.8) is 0 Å². The highest BCUT2D eigenvalue weighted by Crippen LogP contribution is 2.61. The van der Waals surface area contributed by atoms with E-state index in [0.29, 0.717) is 23.1 Å². The van der Waals surface area contributed by atoms with Gasteiger partial charge < -0.3 is 34.4 Å². The minimum Gasteiger partial charge on any atom is -0.458 e. The van der Waals surface area contributed by atoms with Crippen LogP contribution < -0.4 is 0 Å². The number of hydrogen-bond acceptors (Lipinski definition) is 10. The number of carbonyl (C=O) groups is 3. The molecule has 3 aliphatic carbocycles. The van der Waals surface area contributed by atoms with Gasteiger partial charge in [-0.3, -0.25) is 14.4 Å². The van der Waals surface area contributed by atoms with Crippen molar-refractivity contribution in [1.29, 1.82) is 0 Å². The van der Waals surface area contributed by atoms with Gasteiger partial charge >= 0.3 is 17.9 Å². The largest absolute Gasteiger partial charge is 0.458 e. The van der Waals surface area contributed by atoms with Crippen molar-refractivity contribution in [2.75, 3.05) is 14.1 Å². The molecule has 2 unspecified atom stereocenters. The molecule has 2 saturated carbocycles. The highest BCUT2D eigenvalue weighted by molar-refractivity contribution is 5.71. The highest BCUT2D eigenvalue weighted by Gasteiger charge is 2.67. The maximum atomic E-state index is 13.4. The van der Waals surface area contributed by atoms with Gasteiger partial charge in [-0.15, -0.1) is 0 Å². The fourth-order valence-corrected chi connectivity index (χ4v) is 8.15. The van der Waals surface area contributed by atoms with Crippen LogP contribution in [0.15, 0.2) is 53.6 Å². The lowest BCUT2D eigenvalue weighted by Crippen LogP contribution is -2.70. The fraction of sp³-hybridized carbons (Fsp3) is 0.629. The standard InChI is InChI=1S/C35H49NO9/c1-19-25(45-27(39)17-24(36(8)9)23-13-11-10-12-14-23)15-16-34(7)29(19)31(40)35(42)18-26(43-21(3)37)20(2)28(33(35,5)6)30(32(34)41)44-22(4)38/h10-14,24-26,29-32,40-42H,1,15-18H2,2-9H3/t24?,25-,26?,29-,30+,31-,32-,34+,35+/m0/s1. The molecule has 3 N–H and O–H groups in total. The van der Waals surface area contributed by atoms with Gasteiger partial charge in [-0.2, -0.15) is 0 Å². The SMILES string of the molecule is C=C1[C@@H](OC(=O)CC(c2ccccc2)N(C)C)CC[C@@]2(C)[C@@H](O)[C@H](OC(C)=O)C3=C(C)C(OC(C)=O)C[C@@](O)([C@@H](O)[C@H]12)C3(C)C. The molecule has 45 heavy (non-hydrogen) atoms. The first-order valence-electron chi connectivity index (χ1n) is 15.6. The Hall–Kier alpha value is -3.05. The quantitative estimate of drug-likeness (QED) is 0.233. The summed E-state index contributed by atoms with van der Waals surface area (Å²) in [5.41, 5.74) is -2.02. The van der Waals surface area contributed by atoms with Crippen molar-refractivity contribution < 1.29 is 43.9 Å². The molecule has 0 amide bonds. The molecular formula is C35H49NO9. The maximum Gasteiger partial charge on any atom is 0.308 e. The normalized spacial score (nSPS) is 35.1. The van der Waals surface area contributed by atoms with Crippen LogP contribution >= 0.6 is 0 Å². The van der Waals surface area contributed by atoms with Crippen LogP contribution in [0.1, 0.15) is 78.8 Å². The van der Waals surface area contributed by atoms with Crippen molar-refractivity contribution in [2.45, 2.75) is 109 Å². The smallest absolute Gasteiger partial charge is 0.308 e. The van der Waals surface area contributed by atoms with Crippen LogP contribution in [0, 0.1) is 16.7 Å². The van der Waals surface area contributed by atoms with Crippen LogP contribution in [0.25, 0.3) is 0 Å². The van der Waals surface area contributed by atoms with E-state index in [2.05, 4.69) is 6.58 Å². The average Bonchev–Trinajstić information content (AvgIpc) is 2.94. The summed E-state index contributed by atoms with van der Waals surface area (Å²) in [5.74, 6) is -2.64. The third-order valence-corrected chi connectivity index (χ3v) is 10.7. The predicted octanol–water partition coefficient (Wildman–Crippen LogP) is 3.64. The van der Waals surface area contributed by atoms with Crippen LogP contribution in [0.4, 0.5) is 0 Å². The zero-order valence-electron chi connectivity index (χ0n) is 27.7. The van der Waals surface area contributed by atoms with E-state index >= 15 is 0 Å². The van der Waals surface area contributed by atoms with Gasteiger partial charge in [-0.1, -0.05) is 57.7 Å². The Balaban J connectivity index is 1.75. The first-order valence-corrected chi connectivity index (χ1v) is 15.6. The van der Waals surface area contributed by atoms with Gasteiger partial charge in [0.15, 0.2) is 6.10 Å². The van der Waals surface area contributed by atoms with E-state index in [-0.39, 0.29) is 25.3 Å². The number of esters is 3. The molecule has 10 heteroatoms. The molecule has 0 heterocycles. The van der Waals surface area contributed by atoms with Gasteiger partial charge in [0.25, 0.3) is 0 Å². The second kappa shape index (κ2) is 12.6. The summed E-state index contributed by atoms with van der Waals surface area (Å²) in [7, 11) is 3.78. The molecule has 4 rings (SSSR count). The lowest BCUT2D eigenvalue weighted by atomic mass is 9.47. The van der Waals surface area contributed by atoms with Gasteiger partial charge in [0, 0.05) is 43.1 Å². The molecule has 2 fully saturated rings. The van der Waals surface area contributed by atoms with Gasteiger partial charge in [-0.05, 0) is 56.1 Å². The molecule has 1 aromatic rings. The van der Waals surface area contributed by atoms with E-state index in [1.807, 2.05) is 49.3 Å². The van der Waals surface area contributed by atoms with E-state index in [1.54, 1.807) is 27.7 Å². The molecule has 2 bridgehead atoms. The Bertz CT molecular complexity index is 1350. The summed E-state index contributed by atoms with van der Waals surface area (Å²) in [6.07, 6.45) is -5.26. The van der Waals surface area contributed by atoms with Crippen molar-refractivity contribution in [1.82, 2.24) is 4.90 Å². The number of aliphatic hydroxyl groups excluding tert-OH is 2. The summed E-state index contributed by atoms with van der Waals surface area (Å²) in [5, 5.41) is 36.9. The highest BCUT2D eigenvalue weighted by atomic mass is 16.6. The summed E-state index contributed by atoms with van der Waals surface area (Å²) in [4.78, 5) is 39.9. The second-order valence-electron chi connectivity index (χ2n) is 14.0. The zero-order chi connectivity index (χ0) is 33.6. The zero-order valence-corrected chi connectivity index (χ0v) is 27.7. The van der Waals surface area contributed by atoms with Gasteiger partial charge in [0.2, 0.25) is 0 Å². The molecule has 248 valence electrons. The Morgan fingerprint density at radius 2 is 1.58 bits per heavy atom. The number of rotatable bonds is 7. The van der Waals surface area contributed by atoms with Crippen molar-refractivity contribution >= 4 is 17.9 Å². The minimum absolute atomic E-state index is 0.0803. The van der Waals surface area contributed by atoms with E-state index < -0.39 is 70.8 Å². The van der Waals surface area contributed by atoms with E-state index in [9.17, 15) is 29.7 Å². The molecule has 1 aromatic carbocycles. The molecule has 3 aliphatic rings. The fourth-order valence-electron chi connectivity index (χ4n) is 8.15. The third-order valence-electron chi connectivity index (χ3n) is 10.7. The van der Waals surface area contributed by atoms with Crippen LogP contribution in [-0.4, -0.2) is 88.3 Å². The molecule has 0 radical (unpaired) electrons. The first kappa shape index (κ1) is 34.8. The molecule has 0 saturated heterocycles. The van der Waals surface area contributed by atoms with Crippen LogP contribution in [0.3, 0.4) is 0 Å². The first-order chi connectivity index (χ1) is 20.9. The number of benzene rings is 1. The molecule has 9 atom stereocenters. The average molecular weight is 628 g/mol. The molecular weight excluding hydrogens is 578 g/mol. The Morgan fingerprint density at radius 3 is 2.13 bits per heavy atom. The summed E-state index contributed by atoms with van der Waals surface area (Å²) in [6, 6.07) is 9.42. The second-order valence-corrected chi connectivity index (χ2v) is 14.0. The lowest BCUT2D eigenvalue weighted by molar-refractivity contribution is -0.230. The minimum atomic E-state index is -1.91. The number of hydrogen-bond donors (Lipinski definition) is 3. The molecule has 0 spiro atoms. The van der Waals surface area contributed by atoms with Crippen molar-refractivity contribution in [2.24, 2.45) is 16.7 Å². The lowest BCUT2D eigenvalue weighted by Gasteiger charge is -2.62. The predicted molar refractivity (Wildman–Crippen MR) is 167 cm³/mol. The van der Waals surface area contributed by atoms with Gasteiger partial charge in [0.1, 0.15) is 23.9 Å².